The molecule has 2 N–H and O–H groups in total. The fourth-order valence-corrected chi connectivity index (χ4v) is 4.11. The van der Waals surface area contributed by atoms with E-state index in [9.17, 15) is 4.79 Å². The van der Waals surface area contributed by atoms with Gasteiger partial charge in [-0.3, -0.25) is 9.79 Å². The zero-order valence-electron chi connectivity index (χ0n) is 15.7. The maximum Gasteiger partial charge on any atom is 0.220 e. The maximum absolute atomic E-state index is 11.7. The van der Waals surface area contributed by atoms with Crippen LogP contribution in [0.3, 0.4) is 0 Å². The minimum absolute atomic E-state index is 0.0574. The number of piperidine rings is 1. The Morgan fingerprint density at radius 1 is 1.33 bits per heavy atom. The molecule has 1 atom stereocenters. The first-order valence-corrected chi connectivity index (χ1v) is 9.50. The van der Waals surface area contributed by atoms with E-state index in [-0.39, 0.29) is 11.3 Å². The molecule has 7 heteroatoms. The summed E-state index contributed by atoms with van der Waals surface area (Å²) in [5.74, 6) is 1.05. The summed E-state index contributed by atoms with van der Waals surface area (Å²) in [5, 5.41) is 11.1. The summed E-state index contributed by atoms with van der Waals surface area (Å²) in [5.41, 5.74) is 2.07. The van der Waals surface area contributed by atoms with Crippen LogP contribution in [0.4, 0.5) is 0 Å². The van der Waals surface area contributed by atoms with E-state index in [0.29, 0.717) is 13.0 Å². The Kier molecular flexibility index (Phi) is 4.83. The molecule has 2 aromatic rings. The highest BCUT2D eigenvalue weighted by atomic mass is 16.1. The van der Waals surface area contributed by atoms with E-state index in [1.807, 2.05) is 54.3 Å². The summed E-state index contributed by atoms with van der Waals surface area (Å²) in [6.07, 6.45) is 4.78. The van der Waals surface area contributed by atoms with Gasteiger partial charge in [0.1, 0.15) is 0 Å². The third-order valence-corrected chi connectivity index (χ3v) is 5.46. The molecule has 2 fully saturated rings. The van der Waals surface area contributed by atoms with Gasteiger partial charge in [0.2, 0.25) is 5.91 Å². The zero-order valence-corrected chi connectivity index (χ0v) is 15.7. The molecule has 1 aromatic heterocycles. The lowest BCUT2D eigenvalue weighted by Gasteiger charge is -2.40. The first-order chi connectivity index (χ1) is 13.2. The number of nitrogens with zero attached hydrogens (tertiary/aromatic N) is 4. The number of benzene rings is 1. The van der Waals surface area contributed by atoms with Crippen molar-refractivity contribution >= 4 is 11.9 Å². The van der Waals surface area contributed by atoms with E-state index >= 15 is 0 Å². The third-order valence-electron chi connectivity index (χ3n) is 5.46. The number of nitrogens with one attached hydrogen (secondary N) is 2. The molecular formula is C20H26N6O. The van der Waals surface area contributed by atoms with Crippen molar-refractivity contribution in [2.45, 2.75) is 25.8 Å². The van der Waals surface area contributed by atoms with E-state index < -0.39 is 0 Å². The van der Waals surface area contributed by atoms with Crippen LogP contribution in [0, 0.1) is 5.41 Å². The Hall–Kier alpha value is -2.83. The second-order valence-corrected chi connectivity index (χ2v) is 7.47. The van der Waals surface area contributed by atoms with Crippen molar-refractivity contribution in [1.82, 2.24) is 25.3 Å². The summed E-state index contributed by atoms with van der Waals surface area (Å²) in [7, 11) is 1.81. The largest absolute Gasteiger partial charge is 0.355 e. The number of carbonyl (C=O) groups excluding carboxylic acids is 1. The SMILES string of the molecule is CN=C(NCc1ccn(-c2ccccc2)n1)N1CCCC2(CNC(=O)C2)C1. The van der Waals surface area contributed by atoms with Gasteiger partial charge in [0, 0.05) is 44.7 Å². The van der Waals surface area contributed by atoms with Gasteiger partial charge in [-0.15, -0.1) is 0 Å². The van der Waals surface area contributed by atoms with Gasteiger partial charge in [0.15, 0.2) is 5.96 Å². The third kappa shape index (κ3) is 3.82. The molecule has 27 heavy (non-hydrogen) atoms. The number of likely N-dealkylation sites (tertiary alicyclic amines) is 1. The lowest BCUT2D eigenvalue weighted by molar-refractivity contribution is -0.119. The van der Waals surface area contributed by atoms with Crippen LogP contribution in [0.5, 0.6) is 0 Å². The number of para-hydroxylation sites is 1. The van der Waals surface area contributed by atoms with Crippen molar-refractivity contribution in [3.63, 3.8) is 0 Å². The number of amides is 1. The summed E-state index contributed by atoms with van der Waals surface area (Å²) < 4.78 is 1.88. The molecular weight excluding hydrogens is 340 g/mol. The molecule has 0 aliphatic carbocycles. The molecule has 1 aromatic carbocycles. The second kappa shape index (κ2) is 7.42. The highest BCUT2D eigenvalue weighted by Gasteiger charge is 2.42. The number of hydrogen-bond donors (Lipinski definition) is 2. The highest BCUT2D eigenvalue weighted by Crippen LogP contribution is 2.35. The predicted octanol–water partition coefficient (Wildman–Crippen LogP) is 1.55. The Morgan fingerprint density at radius 2 is 2.19 bits per heavy atom. The lowest BCUT2D eigenvalue weighted by atomic mass is 9.79. The molecule has 142 valence electrons. The van der Waals surface area contributed by atoms with Crippen molar-refractivity contribution in [1.29, 1.82) is 0 Å². The van der Waals surface area contributed by atoms with Crippen LogP contribution in [-0.2, 0) is 11.3 Å². The van der Waals surface area contributed by atoms with Crippen molar-refractivity contribution in [3.05, 3.63) is 48.3 Å². The maximum atomic E-state index is 11.7. The molecule has 7 nitrogen and oxygen atoms in total. The van der Waals surface area contributed by atoms with Crippen LogP contribution in [0.25, 0.3) is 5.69 Å². The lowest BCUT2D eigenvalue weighted by Crippen LogP contribution is -2.51. The molecule has 0 bridgehead atoms. The monoisotopic (exact) mass is 366 g/mol. The number of guanidine groups is 1. The van der Waals surface area contributed by atoms with Crippen LogP contribution < -0.4 is 10.6 Å². The van der Waals surface area contributed by atoms with E-state index in [4.69, 9.17) is 0 Å². The molecule has 1 spiro atoms. The number of aliphatic imine (C=N–C) groups is 1. The first-order valence-electron chi connectivity index (χ1n) is 9.50. The Bertz CT molecular complexity index is 830. The van der Waals surface area contributed by atoms with Crippen LogP contribution >= 0.6 is 0 Å². The number of aromatic nitrogens is 2. The smallest absolute Gasteiger partial charge is 0.220 e. The van der Waals surface area contributed by atoms with Gasteiger partial charge in [0.25, 0.3) is 0 Å². The van der Waals surface area contributed by atoms with Crippen LogP contribution in [-0.4, -0.2) is 53.2 Å². The average Bonchev–Trinajstić information content (AvgIpc) is 3.30. The van der Waals surface area contributed by atoms with Crippen molar-refractivity contribution in [2.24, 2.45) is 10.4 Å². The molecule has 2 aliphatic rings. The standard InChI is InChI=1S/C20H26N6O/c1-21-19(25-10-5-9-20(15-25)12-18(27)23-14-20)22-13-16-8-11-26(24-16)17-6-3-2-4-7-17/h2-4,6-8,11H,5,9-10,12-15H2,1H3,(H,21,22)(H,23,27). The second-order valence-electron chi connectivity index (χ2n) is 7.47. The summed E-state index contributed by atoms with van der Waals surface area (Å²) in [6, 6.07) is 12.1. The van der Waals surface area contributed by atoms with Crippen LogP contribution in [0.1, 0.15) is 25.0 Å². The number of hydrogen-bond acceptors (Lipinski definition) is 3. The Balaban J connectivity index is 1.38. The Labute approximate surface area is 159 Å². The van der Waals surface area contributed by atoms with E-state index in [2.05, 4.69) is 25.6 Å². The van der Waals surface area contributed by atoms with Crippen molar-refractivity contribution in [3.8, 4) is 5.69 Å². The molecule has 1 unspecified atom stereocenters. The zero-order chi connectivity index (χ0) is 18.7. The summed E-state index contributed by atoms with van der Waals surface area (Å²) in [4.78, 5) is 18.4. The molecule has 1 amide bonds. The molecule has 0 saturated carbocycles. The fourth-order valence-electron chi connectivity index (χ4n) is 4.11. The van der Waals surface area contributed by atoms with Crippen molar-refractivity contribution < 1.29 is 4.79 Å². The quantitative estimate of drug-likeness (QED) is 0.638. The highest BCUT2D eigenvalue weighted by molar-refractivity contribution is 5.81. The van der Waals surface area contributed by atoms with Gasteiger partial charge < -0.3 is 15.5 Å². The van der Waals surface area contributed by atoms with Crippen LogP contribution in [0.2, 0.25) is 0 Å². The van der Waals surface area contributed by atoms with Gasteiger partial charge in [-0.05, 0) is 31.0 Å². The predicted molar refractivity (Wildman–Crippen MR) is 105 cm³/mol. The minimum Gasteiger partial charge on any atom is -0.355 e. The average molecular weight is 366 g/mol. The summed E-state index contributed by atoms with van der Waals surface area (Å²) in [6.45, 7) is 3.23. The van der Waals surface area contributed by atoms with Crippen LogP contribution in [0.15, 0.2) is 47.6 Å². The molecule has 4 rings (SSSR count). The van der Waals surface area contributed by atoms with Gasteiger partial charge in [-0.25, -0.2) is 4.68 Å². The van der Waals surface area contributed by atoms with E-state index in [1.54, 1.807) is 0 Å². The normalized spacial score (nSPS) is 22.9. The van der Waals surface area contributed by atoms with Gasteiger partial charge in [-0.2, -0.15) is 5.10 Å². The van der Waals surface area contributed by atoms with Gasteiger partial charge >= 0.3 is 0 Å². The van der Waals surface area contributed by atoms with Crippen molar-refractivity contribution in [2.75, 3.05) is 26.7 Å². The van der Waals surface area contributed by atoms with E-state index in [0.717, 1.165) is 49.8 Å². The minimum atomic E-state index is 0.0574. The number of rotatable bonds is 3. The summed E-state index contributed by atoms with van der Waals surface area (Å²) >= 11 is 0. The molecule has 2 saturated heterocycles. The molecule has 0 radical (unpaired) electrons. The van der Waals surface area contributed by atoms with Gasteiger partial charge in [-0.1, -0.05) is 18.2 Å². The van der Waals surface area contributed by atoms with E-state index in [1.165, 1.54) is 0 Å². The number of carbonyl (C=O) groups is 1. The molecule has 2 aliphatic heterocycles. The first kappa shape index (κ1) is 17.6. The Morgan fingerprint density at radius 3 is 2.93 bits per heavy atom. The molecule has 3 heterocycles. The fraction of sp³-hybridized carbons (Fsp3) is 0.450. The van der Waals surface area contributed by atoms with Gasteiger partial charge in [0.05, 0.1) is 17.9 Å². The topological polar surface area (TPSA) is 74.6 Å².